The summed E-state index contributed by atoms with van der Waals surface area (Å²) in [5, 5.41) is 2.74. The fourth-order valence-electron chi connectivity index (χ4n) is 2.37. The molecular formula is C21H23NO5. The Morgan fingerprint density at radius 2 is 1.85 bits per heavy atom. The van der Waals surface area contributed by atoms with Crippen molar-refractivity contribution in [3.05, 3.63) is 59.2 Å². The lowest BCUT2D eigenvalue weighted by Gasteiger charge is -2.10. The van der Waals surface area contributed by atoms with Crippen molar-refractivity contribution in [3.63, 3.8) is 0 Å². The first-order valence-electron chi connectivity index (χ1n) is 8.37. The van der Waals surface area contributed by atoms with E-state index in [0.717, 1.165) is 11.1 Å². The van der Waals surface area contributed by atoms with E-state index < -0.39 is 11.9 Å². The van der Waals surface area contributed by atoms with Crippen LogP contribution in [0.25, 0.3) is 6.08 Å². The number of hydrogen-bond acceptors (Lipinski definition) is 5. The van der Waals surface area contributed by atoms with Crippen LogP contribution in [0.1, 0.15) is 16.7 Å². The van der Waals surface area contributed by atoms with Crippen LogP contribution in [0.2, 0.25) is 0 Å². The second-order valence-electron chi connectivity index (χ2n) is 5.84. The van der Waals surface area contributed by atoms with E-state index in [1.165, 1.54) is 13.2 Å². The molecule has 1 N–H and O–H groups in total. The van der Waals surface area contributed by atoms with Crippen LogP contribution in [0.15, 0.2) is 42.5 Å². The van der Waals surface area contributed by atoms with E-state index >= 15 is 0 Å². The van der Waals surface area contributed by atoms with Crippen molar-refractivity contribution in [3.8, 4) is 11.5 Å². The molecule has 0 atom stereocenters. The van der Waals surface area contributed by atoms with Crippen LogP contribution >= 0.6 is 0 Å². The molecule has 0 bridgehead atoms. The Bertz CT molecular complexity index is 858. The first-order chi connectivity index (χ1) is 12.9. The number of carbonyl (C=O) groups is 2. The van der Waals surface area contributed by atoms with Crippen molar-refractivity contribution < 1.29 is 23.8 Å². The Balaban J connectivity index is 1.91. The minimum absolute atomic E-state index is 0.365. The van der Waals surface area contributed by atoms with Crippen LogP contribution in [0.3, 0.4) is 0 Å². The summed E-state index contributed by atoms with van der Waals surface area (Å²) in [5.41, 5.74) is 3.44. The highest BCUT2D eigenvalue weighted by molar-refractivity contribution is 5.95. The van der Waals surface area contributed by atoms with E-state index in [1.807, 2.05) is 26.0 Å². The quantitative estimate of drug-likeness (QED) is 0.597. The van der Waals surface area contributed by atoms with E-state index in [-0.39, 0.29) is 6.61 Å². The molecule has 27 heavy (non-hydrogen) atoms. The van der Waals surface area contributed by atoms with Crippen LogP contribution in [-0.2, 0) is 14.3 Å². The van der Waals surface area contributed by atoms with Gasteiger partial charge in [0.15, 0.2) is 6.61 Å². The van der Waals surface area contributed by atoms with Gasteiger partial charge in [0.2, 0.25) is 0 Å². The first kappa shape index (κ1) is 20.0. The molecule has 6 nitrogen and oxygen atoms in total. The third kappa shape index (κ3) is 5.60. The molecule has 1 amide bonds. The summed E-state index contributed by atoms with van der Waals surface area (Å²) in [5.74, 6) is 0.192. The lowest BCUT2D eigenvalue weighted by molar-refractivity contribution is -0.142. The van der Waals surface area contributed by atoms with Crippen LogP contribution < -0.4 is 14.8 Å². The number of hydrogen-bond donors (Lipinski definition) is 1. The summed E-state index contributed by atoms with van der Waals surface area (Å²) in [7, 11) is 3.09. The van der Waals surface area contributed by atoms with Gasteiger partial charge in [-0.3, -0.25) is 4.79 Å². The first-order valence-corrected chi connectivity index (χ1v) is 8.37. The molecule has 0 aromatic heterocycles. The molecule has 0 heterocycles. The smallest absolute Gasteiger partial charge is 0.331 e. The molecule has 0 saturated carbocycles. The number of amides is 1. The van der Waals surface area contributed by atoms with Crippen LogP contribution in [0.4, 0.5) is 5.69 Å². The number of aryl methyl sites for hydroxylation is 1. The van der Waals surface area contributed by atoms with Gasteiger partial charge in [-0.2, -0.15) is 0 Å². The molecule has 0 aliphatic carbocycles. The molecule has 0 radical (unpaired) electrons. The zero-order valence-electron chi connectivity index (χ0n) is 15.9. The van der Waals surface area contributed by atoms with E-state index in [1.54, 1.807) is 37.5 Å². The molecule has 2 aromatic carbocycles. The zero-order chi connectivity index (χ0) is 19.8. The topological polar surface area (TPSA) is 73.9 Å². The number of esters is 1. The van der Waals surface area contributed by atoms with Crippen molar-refractivity contribution in [2.75, 3.05) is 26.1 Å². The van der Waals surface area contributed by atoms with Gasteiger partial charge in [-0.1, -0.05) is 12.1 Å². The standard InChI is InChI=1S/C21H23NO5/c1-14-6-5-7-18(15(14)2)22-20(23)13-27-21(24)11-9-16-8-10-17(25-3)12-19(16)26-4/h5-12H,13H2,1-4H3,(H,22,23). The highest BCUT2D eigenvalue weighted by atomic mass is 16.5. The Labute approximate surface area is 158 Å². The van der Waals surface area contributed by atoms with Crippen molar-refractivity contribution >= 4 is 23.6 Å². The zero-order valence-corrected chi connectivity index (χ0v) is 15.9. The summed E-state index contributed by atoms with van der Waals surface area (Å²) in [6.45, 7) is 3.52. The van der Waals surface area contributed by atoms with Gasteiger partial charge in [0.05, 0.1) is 14.2 Å². The summed E-state index contributed by atoms with van der Waals surface area (Å²) < 4.78 is 15.4. The van der Waals surface area contributed by atoms with Gasteiger partial charge in [0, 0.05) is 23.4 Å². The van der Waals surface area contributed by atoms with E-state index in [0.29, 0.717) is 22.7 Å². The van der Waals surface area contributed by atoms with Crippen molar-refractivity contribution in [1.82, 2.24) is 0 Å². The maximum absolute atomic E-state index is 12.0. The fraction of sp³-hybridized carbons (Fsp3) is 0.238. The Morgan fingerprint density at radius 1 is 1.07 bits per heavy atom. The number of ether oxygens (including phenoxy) is 3. The SMILES string of the molecule is COc1ccc(C=CC(=O)OCC(=O)Nc2cccc(C)c2C)c(OC)c1. The molecule has 142 valence electrons. The van der Waals surface area contributed by atoms with E-state index in [4.69, 9.17) is 14.2 Å². The predicted molar refractivity (Wildman–Crippen MR) is 104 cm³/mol. The number of rotatable bonds is 7. The Morgan fingerprint density at radius 3 is 2.56 bits per heavy atom. The number of benzene rings is 2. The summed E-state index contributed by atoms with van der Waals surface area (Å²) in [6.07, 6.45) is 2.80. The molecule has 0 aliphatic rings. The second kappa shape index (κ2) is 9.43. The maximum Gasteiger partial charge on any atom is 0.331 e. The van der Waals surface area contributed by atoms with Crippen LogP contribution in [0.5, 0.6) is 11.5 Å². The lowest BCUT2D eigenvalue weighted by atomic mass is 10.1. The van der Waals surface area contributed by atoms with E-state index in [2.05, 4.69) is 5.32 Å². The van der Waals surface area contributed by atoms with Gasteiger partial charge in [0.25, 0.3) is 5.91 Å². The molecular weight excluding hydrogens is 346 g/mol. The van der Waals surface area contributed by atoms with Crippen LogP contribution in [-0.4, -0.2) is 32.7 Å². The molecule has 0 unspecified atom stereocenters. The van der Waals surface area contributed by atoms with Crippen LogP contribution in [0, 0.1) is 13.8 Å². The van der Waals surface area contributed by atoms with Gasteiger partial charge < -0.3 is 19.5 Å². The molecule has 0 aliphatic heterocycles. The highest BCUT2D eigenvalue weighted by Gasteiger charge is 2.09. The van der Waals surface area contributed by atoms with Gasteiger partial charge >= 0.3 is 5.97 Å². The molecule has 0 spiro atoms. The highest BCUT2D eigenvalue weighted by Crippen LogP contribution is 2.25. The number of nitrogens with one attached hydrogen (secondary N) is 1. The fourth-order valence-corrected chi connectivity index (χ4v) is 2.37. The van der Waals surface area contributed by atoms with E-state index in [9.17, 15) is 9.59 Å². The number of anilines is 1. The summed E-state index contributed by atoms with van der Waals surface area (Å²) in [6, 6.07) is 10.8. The average Bonchev–Trinajstić information content (AvgIpc) is 2.68. The predicted octanol–water partition coefficient (Wildman–Crippen LogP) is 3.52. The normalized spacial score (nSPS) is 10.5. The molecule has 0 saturated heterocycles. The minimum Gasteiger partial charge on any atom is -0.497 e. The third-order valence-electron chi connectivity index (χ3n) is 4.06. The van der Waals surface area contributed by atoms with Gasteiger partial charge in [-0.15, -0.1) is 0 Å². The Hall–Kier alpha value is -3.28. The second-order valence-corrected chi connectivity index (χ2v) is 5.84. The molecule has 2 aromatic rings. The van der Waals surface area contributed by atoms with Crippen molar-refractivity contribution in [2.24, 2.45) is 0 Å². The van der Waals surface area contributed by atoms with Crippen molar-refractivity contribution in [1.29, 1.82) is 0 Å². The largest absolute Gasteiger partial charge is 0.497 e. The molecule has 0 fully saturated rings. The third-order valence-corrected chi connectivity index (χ3v) is 4.06. The van der Waals surface area contributed by atoms with Gasteiger partial charge in [-0.05, 0) is 49.2 Å². The molecule has 2 rings (SSSR count). The van der Waals surface area contributed by atoms with Gasteiger partial charge in [0.1, 0.15) is 11.5 Å². The summed E-state index contributed by atoms with van der Waals surface area (Å²) >= 11 is 0. The summed E-state index contributed by atoms with van der Waals surface area (Å²) in [4.78, 5) is 23.8. The Kier molecular flexibility index (Phi) is 7.00. The minimum atomic E-state index is -0.621. The number of carbonyl (C=O) groups excluding carboxylic acids is 2. The molecule has 6 heteroatoms. The maximum atomic E-state index is 12.0. The van der Waals surface area contributed by atoms with Crippen molar-refractivity contribution in [2.45, 2.75) is 13.8 Å². The van der Waals surface area contributed by atoms with Gasteiger partial charge in [-0.25, -0.2) is 4.79 Å². The average molecular weight is 369 g/mol. The monoisotopic (exact) mass is 369 g/mol. The number of methoxy groups -OCH3 is 2. The lowest BCUT2D eigenvalue weighted by Crippen LogP contribution is -2.20.